The topological polar surface area (TPSA) is 46.4 Å². The second kappa shape index (κ2) is 7.99. The molecule has 1 heterocycles. The number of nitrogens with zero attached hydrogens (tertiary/aromatic N) is 2. The van der Waals surface area contributed by atoms with E-state index in [9.17, 15) is 9.18 Å². The fourth-order valence-electron chi connectivity index (χ4n) is 3.14. The minimum absolute atomic E-state index is 0.357. The van der Waals surface area contributed by atoms with Crippen LogP contribution >= 0.6 is 0 Å². The van der Waals surface area contributed by atoms with Crippen LogP contribution in [0.4, 0.5) is 4.39 Å². The number of carbonyl (C=O) groups is 1. The number of aryl methyl sites for hydroxylation is 2. The summed E-state index contributed by atoms with van der Waals surface area (Å²) in [4.78, 5) is 12.1. The number of benzene rings is 2. The summed E-state index contributed by atoms with van der Waals surface area (Å²) in [6, 6.07) is 15.7. The first kappa shape index (κ1) is 18.6. The van der Waals surface area contributed by atoms with Crippen LogP contribution in [-0.4, -0.2) is 16.7 Å². The second-order valence-electron chi connectivity index (χ2n) is 6.35. The summed E-state index contributed by atoms with van der Waals surface area (Å²) < 4.78 is 15.1. The molecule has 0 aliphatic heterocycles. The molecule has 1 N–H and O–H groups in total. The Morgan fingerprint density at radius 2 is 1.85 bits per heavy atom. The van der Waals surface area contributed by atoms with Crippen molar-refractivity contribution in [1.82, 2.24) is 9.99 Å². The molecule has 2 aromatic carbocycles. The molecule has 0 aliphatic rings. The van der Waals surface area contributed by atoms with E-state index in [0.29, 0.717) is 5.56 Å². The van der Waals surface area contributed by atoms with Gasteiger partial charge in [-0.2, -0.15) is 5.10 Å². The quantitative estimate of drug-likeness (QED) is 0.524. The number of halogens is 1. The van der Waals surface area contributed by atoms with E-state index in [0.717, 1.165) is 29.1 Å². The smallest absolute Gasteiger partial charge is 0.271 e. The van der Waals surface area contributed by atoms with Crippen molar-refractivity contribution in [3.8, 4) is 5.69 Å². The van der Waals surface area contributed by atoms with Crippen LogP contribution < -0.4 is 5.43 Å². The normalized spacial score (nSPS) is 11.1. The summed E-state index contributed by atoms with van der Waals surface area (Å²) in [5, 5.41) is 4.06. The van der Waals surface area contributed by atoms with Gasteiger partial charge in [-0.3, -0.25) is 4.79 Å². The fourth-order valence-corrected chi connectivity index (χ4v) is 3.14. The molecule has 4 nitrogen and oxygen atoms in total. The van der Waals surface area contributed by atoms with Gasteiger partial charge in [0.25, 0.3) is 5.91 Å². The number of amides is 1. The van der Waals surface area contributed by atoms with Crippen LogP contribution in [0.2, 0.25) is 0 Å². The number of rotatable bonds is 5. The van der Waals surface area contributed by atoms with Gasteiger partial charge in [-0.15, -0.1) is 0 Å². The third-order valence-electron chi connectivity index (χ3n) is 4.56. The van der Waals surface area contributed by atoms with E-state index >= 15 is 0 Å². The highest BCUT2D eigenvalue weighted by Crippen LogP contribution is 2.23. The van der Waals surface area contributed by atoms with E-state index < -0.39 is 0 Å². The van der Waals surface area contributed by atoms with Crippen LogP contribution in [0.3, 0.4) is 0 Å². The molecule has 0 aliphatic carbocycles. The van der Waals surface area contributed by atoms with Gasteiger partial charge in [0.1, 0.15) is 5.82 Å². The van der Waals surface area contributed by atoms with Crippen LogP contribution in [0.15, 0.2) is 59.7 Å². The molecule has 0 fully saturated rings. The van der Waals surface area contributed by atoms with Crippen molar-refractivity contribution in [2.75, 3.05) is 0 Å². The SMILES string of the molecule is CCc1ccccc1-n1c(C)cc(/C=N\NC(=O)c2ccc(F)cc2)c1C. The number of hydrogen-bond acceptors (Lipinski definition) is 2. The van der Waals surface area contributed by atoms with Gasteiger partial charge in [0.05, 0.1) is 6.21 Å². The van der Waals surface area contributed by atoms with Gasteiger partial charge in [-0.1, -0.05) is 25.1 Å². The van der Waals surface area contributed by atoms with Crippen LogP contribution in [0.25, 0.3) is 5.69 Å². The Morgan fingerprint density at radius 1 is 1.15 bits per heavy atom. The Morgan fingerprint density at radius 3 is 2.56 bits per heavy atom. The number of hydrogen-bond donors (Lipinski definition) is 1. The fraction of sp³-hybridized carbons (Fsp3) is 0.182. The summed E-state index contributed by atoms with van der Waals surface area (Å²) in [6.45, 7) is 6.22. The standard InChI is InChI=1S/C22H22FN3O/c1-4-17-7-5-6-8-21(17)26-15(2)13-19(16(26)3)14-24-25-22(27)18-9-11-20(23)12-10-18/h5-14H,4H2,1-3H3,(H,25,27)/b24-14-. The maximum Gasteiger partial charge on any atom is 0.271 e. The Balaban J connectivity index is 1.81. The van der Waals surface area contributed by atoms with Gasteiger partial charge >= 0.3 is 0 Å². The van der Waals surface area contributed by atoms with E-state index in [2.05, 4.69) is 34.2 Å². The Labute approximate surface area is 158 Å². The summed E-state index contributed by atoms with van der Waals surface area (Å²) in [6.07, 6.45) is 2.58. The molecular weight excluding hydrogens is 341 g/mol. The van der Waals surface area contributed by atoms with Crippen molar-refractivity contribution in [2.45, 2.75) is 27.2 Å². The highest BCUT2D eigenvalue weighted by molar-refractivity contribution is 5.95. The highest BCUT2D eigenvalue weighted by Gasteiger charge is 2.12. The van der Waals surface area contributed by atoms with Crippen molar-refractivity contribution < 1.29 is 9.18 Å². The lowest BCUT2D eigenvalue weighted by Crippen LogP contribution is -2.17. The van der Waals surface area contributed by atoms with Gasteiger partial charge in [0.2, 0.25) is 0 Å². The lowest BCUT2D eigenvalue weighted by molar-refractivity contribution is 0.0955. The molecular formula is C22H22FN3O. The molecule has 0 unspecified atom stereocenters. The van der Waals surface area contributed by atoms with Crippen molar-refractivity contribution in [3.05, 3.63) is 88.5 Å². The van der Waals surface area contributed by atoms with Gasteiger partial charge in [-0.05, 0) is 62.2 Å². The third kappa shape index (κ3) is 3.97. The zero-order valence-electron chi connectivity index (χ0n) is 15.7. The number of para-hydroxylation sites is 1. The molecule has 0 radical (unpaired) electrons. The first-order chi connectivity index (χ1) is 13.0. The molecule has 0 saturated heterocycles. The van der Waals surface area contributed by atoms with E-state index in [4.69, 9.17) is 0 Å². The second-order valence-corrected chi connectivity index (χ2v) is 6.35. The number of nitrogens with one attached hydrogen (secondary N) is 1. The average molecular weight is 363 g/mol. The van der Waals surface area contributed by atoms with Crippen molar-refractivity contribution in [1.29, 1.82) is 0 Å². The largest absolute Gasteiger partial charge is 0.318 e. The number of aromatic nitrogens is 1. The zero-order valence-corrected chi connectivity index (χ0v) is 15.7. The van der Waals surface area contributed by atoms with Crippen molar-refractivity contribution in [3.63, 3.8) is 0 Å². The highest BCUT2D eigenvalue weighted by atomic mass is 19.1. The van der Waals surface area contributed by atoms with E-state index in [1.807, 2.05) is 32.0 Å². The first-order valence-electron chi connectivity index (χ1n) is 8.87. The lowest BCUT2D eigenvalue weighted by Gasteiger charge is -2.13. The predicted molar refractivity (Wildman–Crippen MR) is 106 cm³/mol. The van der Waals surface area contributed by atoms with Crippen molar-refractivity contribution in [2.24, 2.45) is 5.10 Å². The van der Waals surface area contributed by atoms with E-state index in [1.165, 1.54) is 29.8 Å². The molecule has 1 aromatic heterocycles. The molecule has 3 aromatic rings. The molecule has 0 atom stereocenters. The van der Waals surface area contributed by atoms with Crippen LogP contribution in [-0.2, 0) is 6.42 Å². The molecule has 27 heavy (non-hydrogen) atoms. The lowest BCUT2D eigenvalue weighted by atomic mass is 10.1. The molecule has 0 bridgehead atoms. The Hall–Kier alpha value is -3.21. The third-order valence-corrected chi connectivity index (χ3v) is 4.56. The summed E-state index contributed by atoms with van der Waals surface area (Å²) in [5.74, 6) is -0.758. The zero-order chi connectivity index (χ0) is 19.4. The average Bonchev–Trinajstić information content (AvgIpc) is 2.95. The molecule has 5 heteroatoms. The van der Waals surface area contributed by atoms with Crippen LogP contribution in [0.5, 0.6) is 0 Å². The number of carbonyl (C=O) groups excluding carboxylic acids is 1. The maximum absolute atomic E-state index is 12.9. The van der Waals surface area contributed by atoms with Crippen LogP contribution in [0, 0.1) is 19.7 Å². The van der Waals surface area contributed by atoms with Crippen LogP contribution in [0.1, 0.15) is 39.8 Å². The van der Waals surface area contributed by atoms with E-state index in [1.54, 1.807) is 6.21 Å². The monoisotopic (exact) mass is 363 g/mol. The van der Waals surface area contributed by atoms with Gasteiger partial charge in [0.15, 0.2) is 0 Å². The molecule has 138 valence electrons. The predicted octanol–water partition coefficient (Wildman–Crippen LogP) is 4.56. The van der Waals surface area contributed by atoms with Gasteiger partial charge in [0, 0.05) is 28.2 Å². The summed E-state index contributed by atoms with van der Waals surface area (Å²) in [5.41, 5.74) is 8.34. The number of hydrazone groups is 1. The van der Waals surface area contributed by atoms with Gasteiger partial charge in [-0.25, -0.2) is 9.82 Å². The minimum Gasteiger partial charge on any atom is -0.318 e. The summed E-state index contributed by atoms with van der Waals surface area (Å²) >= 11 is 0. The van der Waals surface area contributed by atoms with Gasteiger partial charge < -0.3 is 4.57 Å². The minimum atomic E-state index is -0.380. The Bertz CT molecular complexity index is 987. The molecule has 0 saturated carbocycles. The first-order valence-corrected chi connectivity index (χ1v) is 8.87. The summed E-state index contributed by atoms with van der Waals surface area (Å²) in [7, 11) is 0. The van der Waals surface area contributed by atoms with E-state index in [-0.39, 0.29) is 11.7 Å². The molecule has 1 amide bonds. The molecule has 3 rings (SSSR count). The Kier molecular flexibility index (Phi) is 5.50. The van der Waals surface area contributed by atoms with Crippen molar-refractivity contribution >= 4 is 12.1 Å². The molecule has 0 spiro atoms. The maximum atomic E-state index is 12.9.